The summed E-state index contributed by atoms with van der Waals surface area (Å²) >= 11 is 7.58. The molecule has 1 aromatic heterocycles. The molecule has 21 heavy (non-hydrogen) atoms. The van der Waals surface area contributed by atoms with Crippen LogP contribution >= 0.6 is 23.4 Å². The molecule has 1 aromatic carbocycles. The summed E-state index contributed by atoms with van der Waals surface area (Å²) in [7, 11) is 0. The minimum Gasteiger partial charge on any atom is -0.348 e. The van der Waals surface area contributed by atoms with Crippen LogP contribution in [0, 0.1) is 6.92 Å². The highest BCUT2D eigenvalue weighted by Gasteiger charge is 2.03. The van der Waals surface area contributed by atoms with Gasteiger partial charge in [0.1, 0.15) is 0 Å². The van der Waals surface area contributed by atoms with E-state index in [-0.39, 0.29) is 6.03 Å². The van der Waals surface area contributed by atoms with Crippen molar-refractivity contribution in [2.24, 2.45) is 0 Å². The van der Waals surface area contributed by atoms with Gasteiger partial charge in [-0.15, -0.1) is 0 Å². The van der Waals surface area contributed by atoms with Gasteiger partial charge >= 0.3 is 6.03 Å². The van der Waals surface area contributed by atoms with Gasteiger partial charge in [0.05, 0.1) is 12.0 Å². The number of carbonyl (C=O) groups is 1. The Morgan fingerprint density at radius 3 is 3.05 bits per heavy atom. The van der Waals surface area contributed by atoms with Gasteiger partial charge in [0.2, 0.25) is 0 Å². The van der Waals surface area contributed by atoms with Gasteiger partial charge in [0, 0.05) is 34.5 Å². The van der Waals surface area contributed by atoms with Crippen LogP contribution in [-0.4, -0.2) is 28.3 Å². The quantitative estimate of drug-likeness (QED) is 0.713. The molecule has 0 aliphatic carbocycles. The van der Waals surface area contributed by atoms with Crippen LogP contribution in [0.25, 0.3) is 0 Å². The van der Waals surface area contributed by atoms with E-state index in [1.165, 1.54) is 0 Å². The highest BCUT2D eigenvalue weighted by atomic mass is 35.5. The smallest absolute Gasteiger partial charge is 0.319 e. The SMILES string of the molecule is Cc1[nH]cnc1CSCCNC(=O)Nc1cccc(Cl)c1. The molecular formula is C14H17ClN4OS. The molecule has 112 valence electrons. The van der Waals surface area contributed by atoms with E-state index in [4.69, 9.17) is 11.6 Å². The van der Waals surface area contributed by atoms with Crippen LogP contribution < -0.4 is 10.6 Å². The number of nitrogens with zero attached hydrogens (tertiary/aromatic N) is 1. The maximum absolute atomic E-state index is 11.7. The van der Waals surface area contributed by atoms with Crippen molar-refractivity contribution >= 4 is 35.1 Å². The molecule has 2 amide bonds. The van der Waals surface area contributed by atoms with Gasteiger partial charge in [0.25, 0.3) is 0 Å². The zero-order chi connectivity index (χ0) is 15.1. The number of amides is 2. The van der Waals surface area contributed by atoms with Gasteiger partial charge in [-0.05, 0) is 25.1 Å². The first kappa shape index (κ1) is 15.7. The minimum absolute atomic E-state index is 0.228. The maximum atomic E-state index is 11.7. The summed E-state index contributed by atoms with van der Waals surface area (Å²) in [6.07, 6.45) is 1.70. The first-order valence-electron chi connectivity index (χ1n) is 6.52. The van der Waals surface area contributed by atoms with Gasteiger partial charge in [0.15, 0.2) is 0 Å². The largest absolute Gasteiger partial charge is 0.348 e. The number of carbonyl (C=O) groups excluding carboxylic acids is 1. The van der Waals surface area contributed by atoms with Crippen molar-refractivity contribution in [1.82, 2.24) is 15.3 Å². The third-order valence-electron chi connectivity index (χ3n) is 2.79. The Morgan fingerprint density at radius 1 is 1.48 bits per heavy atom. The average molecular weight is 325 g/mol. The van der Waals surface area contributed by atoms with Crippen molar-refractivity contribution in [3.8, 4) is 0 Å². The van der Waals surface area contributed by atoms with Crippen molar-refractivity contribution in [1.29, 1.82) is 0 Å². The summed E-state index contributed by atoms with van der Waals surface area (Å²) in [4.78, 5) is 18.9. The third-order valence-corrected chi connectivity index (χ3v) is 3.99. The molecule has 3 N–H and O–H groups in total. The number of aromatic amines is 1. The molecule has 5 nitrogen and oxygen atoms in total. The number of urea groups is 1. The Labute approximate surface area is 132 Å². The van der Waals surface area contributed by atoms with E-state index in [2.05, 4.69) is 20.6 Å². The number of imidazole rings is 1. The second-order valence-corrected chi connectivity index (χ2v) is 5.96. The number of H-pyrrole nitrogens is 1. The second-order valence-electron chi connectivity index (χ2n) is 4.42. The van der Waals surface area contributed by atoms with Crippen LogP contribution in [0.4, 0.5) is 10.5 Å². The maximum Gasteiger partial charge on any atom is 0.319 e. The van der Waals surface area contributed by atoms with Crippen LogP contribution in [0.5, 0.6) is 0 Å². The third kappa shape index (κ3) is 5.32. The van der Waals surface area contributed by atoms with Crippen LogP contribution in [0.15, 0.2) is 30.6 Å². The van der Waals surface area contributed by atoms with Gasteiger partial charge in [-0.2, -0.15) is 11.8 Å². The van der Waals surface area contributed by atoms with Crippen molar-refractivity contribution in [3.63, 3.8) is 0 Å². The lowest BCUT2D eigenvalue weighted by Gasteiger charge is -2.07. The second kappa shape index (κ2) is 7.95. The number of aryl methyl sites for hydroxylation is 1. The fourth-order valence-corrected chi connectivity index (χ4v) is 2.75. The van der Waals surface area contributed by atoms with Crippen LogP contribution in [-0.2, 0) is 5.75 Å². The lowest BCUT2D eigenvalue weighted by Crippen LogP contribution is -2.30. The predicted octanol–water partition coefficient (Wildman–Crippen LogP) is 3.43. The number of halogens is 1. The number of thioether (sulfide) groups is 1. The molecule has 2 aromatic rings. The van der Waals surface area contributed by atoms with Gasteiger partial charge in [-0.25, -0.2) is 9.78 Å². The van der Waals surface area contributed by atoms with E-state index in [0.717, 1.165) is 22.9 Å². The topological polar surface area (TPSA) is 69.8 Å². The molecule has 0 unspecified atom stereocenters. The Bertz CT molecular complexity index is 602. The van der Waals surface area contributed by atoms with Crippen molar-refractivity contribution in [2.75, 3.05) is 17.6 Å². The zero-order valence-corrected chi connectivity index (χ0v) is 13.2. The number of hydrogen-bond acceptors (Lipinski definition) is 3. The van der Waals surface area contributed by atoms with Gasteiger partial charge < -0.3 is 15.6 Å². The van der Waals surface area contributed by atoms with Gasteiger partial charge in [-0.3, -0.25) is 0 Å². The van der Waals surface area contributed by atoms with E-state index >= 15 is 0 Å². The van der Waals surface area contributed by atoms with Crippen molar-refractivity contribution < 1.29 is 4.79 Å². The highest BCUT2D eigenvalue weighted by molar-refractivity contribution is 7.98. The van der Waals surface area contributed by atoms with Crippen molar-refractivity contribution in [2.45, 2.75) is 12.7 Å². The van der Waals surface area contributed by atoms with E-state index < -0.39 is 0 Å². The Hall–Kier alpha value is -1.66. The molecule has 7 heteroatoms. The fourth-order valence-electron chi connectivity index (χ4n) is 1.68. The van der Waals surface area contributed by atoms with E-state index in [1.54, 1.807) is 42.4 Å². The summed E-state index contributed by atoms with van der Waals surface area (Å²) in [6, 6.07) is 6.82. The Balaban J connectivity index is 1.62. The summed E-state index contributed by atoms with van der Waals surface area (Å²) in [5.41, 5.74) is 2.83. The number of benzene rings is 1. The molecule has 0 saturated heterocycles. The zero-order valence-electron chi connectivity index (χ0n) is 11.6. The lowest BCUT2D eigenvalue weighted by molar-refractivity contribution is 0.252. The summed E-state index contributed by atoms with van der Waals surface area (Å²) < 4.78 is 0. The number of nitrogens with one attached hydrogen (secondary N) is 3. The fraction of sp³-hybridized carbons (Fsp3) is 0.286. The van der Waals surface area contributed by atoms with E-state index in [1.807, 2.05) is 6.92 Å². The van der Waals surface area contributed by atoms with Crippen molar-refractivity contribution in [3.05, 3.63) is 47.0 Å². The molecule has 0 saturated carbocycles. The Morgan fingerprint density at radius 2 is 2.33 bits per heavy atom. The molecule has 0 radical (unpaired) electrons. The standard InChI is InChI=1S/C14H17ClN4OS/c1-10-13(18-9-17-10)8-21-6-5-16-14(20)19-12-4-2-3-11(15)7-12/h2-4,7,9H,5-6,8H2,1H3,(H,17,18)(H2,16,19,20). The molecule has 0 aliphatic heterocycles. The lowest BCUT2D eigenvalue weighted by atomic mass is 10.3. The van der Waals surface area contributed by atoms with E-state index in [9.17, 15) is 4.79 Å². The molecule has 2 rings (SSSR count). The monoisotopic (exact) mass is 324 g/mol. The Kier molecular flexibility index (Phi) is 5.95. The van der Waals surface area contributed by atoms with Gasteiger partial charge in [-0.1, -0.05) is 17.7 Å². The molecule has 0 aliphatic rings. The first-order chi connectivity index (χ1) is 10.1. The molecule has 0 fully saturated rings. The first-order valence-corrected chi connectivity index (χ1v) is 8.05. The van der Waals surface area contributed by atoms with Crippen LogP contribution in [0.1, 0.15) is 11.4 Å². The molecule has 1 heterocycles. The number of anilines is 1. The molecule has 0 spiro atoms. The molecule has 0 atom stereocenters. The molecular weight excluding hydrogens is 308 g/mol. The molecule has 0 bridgehead atoms. The van der Waals surface area contributed by atoms with Crippen LogP contribution in [0.2, 0.25) is 5.02 Å². The summed E-state index contributed by atoms with van der Waals surface area (Å²) in [5.74, 6) is 1.67. The number of hydrogen-bond donors (Lipinski definition) is 3. The number of aromatic nitrogens is 2. The van der Waals surface area contributed by atoms with Crippen LogP contribution in [0.3, 0.4) is 0 Å². The number of rotatable bonds is 6. The highest BCUT2D eigenvalue weighted by Crippen LogP contribution is 2.14. The normalized spacial score (nSPS) is 10.4. The minimum atomic E-state index is -0.228. The predicted molar refractivity (Wildman–Crippen MR) is 88.0 cm³/mol. The summed E-state index contributed by atoms with van der Waals surface area (Å²) in [5, 5.41) is 6.13. The van der Waals surface area contributed by atoms with E-state index in [0.29, 0.717) is 17.3 Å². The average Bonchev–Trinajstić information content (AvgIpc) is 2.84. The summed E-state index contributed by atoms with van der Waals surface area (Å²) in [6.45, 7) is 2.60.